The molecular weight excluding hydrogens is 278 g/mol. The highest BCUT2D eigenvalue weighted by molar-refractivity contribution is 5.79. The lowest BCUT2D eigenvalue weighted by Crippen LogP contribution is -2.47. The number of aliphatic imine (C=N–C) groups is 1. The van der Waals surface area contributed by atoms with Crippen LogP contribution < -0.4 is 5.32 Å². The van der Waals surface area contributed by atoms with Crippen molar-refractivity contribution in [3.63, 3.8) is 0 Å². The Morgan fingerprint density at radius 2 is 2.09 bits per heavy atom. The van der Waals surface area contributed by atoms with Gasteiger partial charge in [0.2, 0.25) is 0 Å². The predicted octanol–water partition coefficient (Wildman–Crippen LogP) is 2.41. The first kappa shape index (κ1) is 17.5. The van der Waals surface area contributed by atoms with E-state index in [-0.39, 0.29) is 0 Å². The van der Waals surface area contributed by atoms with Crippen molar-refractivity contribution >= 4 is 5.96 Å². The number of hydrogen-bond donors (Lipinski definition) is 1. The van der Waals surface area contributed by atoms with Crippen molar-refractivity contribution < 1.29 is 9.47 Å². The zero-order chi connectivity index (χ0) is 15.6. The SMILES string of the molecule is CCCCNC(=NC)N1CCC(OCC2CCCCO2)CC1. The number of guanidine groups is 1. The molecule has 128 valence electrons. The van der Waals surface area contributed by atoms with Crippen LogP contribution >= 0.6 is 0 Å². The average Bonchev–Trinajstić information content (AvgIpc) is 2.59. The molecule has 0 radical (unpaired) electrons. The zero-order valence-corrected chi connectivity index (χ0v) is 14.4. The minimum absolute atomic E-state index is 0.329. The Hall–Kier alpha value is -0.810. The highest BCUT2D eigenvalue weighted by Crippen LogP contribution is 2.17. The first-order valence-corrected chi connectivity index (χ1v) is 9.02. The van der Waals surface area contributed by atoms with Gasteiger partial charge in [0.05, 0.1) is 18.8 Å². The van der Waals surface area contributed by atoms with Crippen LogP contribution in [0.1, 0.15) is 51.9 Å². The summed E-state index contributed by atoms with van der Waals surface area (Å²) in [5.74, 6) is 1.04. The molecule has 5 nitrogen and oxygen atoms in total. The Balaban J connectivity index is 1.63. The maximum atomic E-state index is 6.07. The molecule has 2 aliphatic rings. The number of ether oxygens (including phenoxy) is 2. The molecule has 22 heavy (non-hydrogen) atoms. The van der Waals surface area contributed by atoms with Gasteiger partial charge in [-0.3, -0.25) is 4.99 Å². The largest absolute Gasteiger partial charge is 0.376 e. The van der Waals surface area contributed by atoms with E-state index < -0.39 is 0 Å². The van der Waals surface area contributed by atoms with E-state index in [9.17, 15) is 0 Å². The average molecular weight is 311 g/mol. The van der Waals surface area contributed by atoms with Gasteiger partial charge in [0, 0.05) is 33.3 Å². The van der Waals surface area contributed by atoms with Gasteiger partial charge >= 0.3 is 0 Å². The molecule has 0 saturated carbocycles. The topological polar surface area (TPSA) is 46.1 Å². The molecule has 2 saturated heterocycles. The van der Waals surface area contributed by atoms with E-state index in [1.54, 1.807) is 0 Å². The number of likely N-dealkylation sites (tertiary alicyclic amines) is 1. The fourth-order valence-electron chi connectivity index (χ4n) is 3.13. The maximum absolute atomic E-state index is 6.07. The minimum Gasteiger partial charge on any atom is -0.376 e. The van der Waals surface area contributed by atoms with E-state index in [0.29, 0.717) is 12.2 Å². The van der Waals surface area contributed by atoms with Crippen LogP contribution in [0.4, 0.5) is 0 Å². The third-order valence-corrected chi connectivity index (χ3v) is 4.56. The van der Waals surface area contributed by atoms with Crippen molar-refractivity contribution in [2.75, 3.05) is 39.9 Å². The summed E-state index contributed by atoms with van der Waals surface area (Å²) in [6, 6.07) is 0. The van der Waals surface area contributed by atoms with E-state index in [1.165, 1.54) is 25.7 Å². The lowest BCUT2D eigenvalue weighted by atomic mass is 10.1. The van der Waals surface area contributed by atoms with Gasteiger partial charge in [0.15, 0.2) is 5.96 Å². The van der Waals surface area contributed by atoms with Crippen LogP contribution in [0.25, 0.3) is 0 Å². The minimum atomic E-state index is 0.329. The second kappa shape index (κ2) is 10.1. The highest BCUT2D eigenvalue weighted by atomic mass is 16.5. The second-order valence-electron chi connectivity index (χ2n) is 6.34. The summed E-state index contributed by atoms with van der Waals surface area (Å²) in [5, 5.41) is 3.45. The smallest absolute Gasteiger partial charge is 0.193 e. The van der Waals surface area contributed by atoms with Gasteiger partial charge in [-0.15, -0.1) is 0 Å². The van der Waals surface area contributed by atoms with Crippen LogP contribution in [0.3, 0.4) is 0 Å². The molecule has 0 spiro atoms. The molecule has 1 atom stereocenters. The molecule has 1 N–H and O–H groups in total. The quantitative estimate of drug-likeness (QED) is 0.465. The van der Waals surface area contributed by atoms with Crippen LogP contribution in [0.2, 0.25) is 0 Å². The number of rotatable bonds is 6. The number of hydrogen-bond acceptors (Lipinski definition) is 3. The van der Waals surface area contributed by atoms with Crippen LogP contribution in [0.5, 0.6) is 0 Å². The Morgan fingerprint density at radius 3 is 2.73 bits per heavy atom. The third kappa shape index (κ3) is 5.76. The van der Waals surface area contributed by atoms with E-state index >= 15 is 0 Å². The van der Waals surface area contributed by atoms with Gasteiger partial charge in [0.1, 0.15) is 0 Å². The Bertz CT molecular complexity index is 322. The molecule has 0 bridgehead atoms. The monoisotopic (exact) mass is 311 g/mol. The molecule has 1 unspecified atom stereocenters. The summed E-state index contributed by atoms with van der Waals surface area (Å²) in [4.78, 5) is 6.75. The standard InChI is InChI=1S/C17H33N3O2/c1-3-4-10-19-17(18-2)20-11-8-15(9-12-20)22-14-16-7-5-6-13-21-16/h15-16H,3-14H2,1-2H3,(H,18,19). The summed E-state index contributed by atoms with van der Waals surface area (Å²) < 4.78 is 11.8. The summed E-state index contributed by atoms with van der Waals surface area (Å²) in [7, 11) is 1.87. The molecule has 0 aromatic carbocycles. The summed E-state index contributed by atoms with van der Waals surface area (Å²) >= 11 is 0. The molecule has 2 rings (SSSR count). The van der Waals surface area contributed by atoms with E-state index in [2.05, 4.69) is 22.1 Å². The summed E-state index contributed by atoms with van der Waals surface area (Å²) in [6.45, 7) is 6.96. The van der Waals surface area contributed by atoms with Gasteiger partial charge in [-0.25, -0.2) is 0 Å². The number of nitrogens with zero attached hydrogens (tertiary/aromatic N) is 2. The fraction of sp³-hybridized carbons (Fsp3) is 0.941. The first-order chi connectivity index (χ1) is 10.8. The van der Waals surface area contributed by atoms with Crippen molar-refractivity contribution in [3.8, 4) is 0 Å². The van der Waals surface area contributed by atoms with Crippen molar-refractivity contribution in [2.24, 2.45) is 4.99 Å². The van der Waals surface area contributed by atoms with E-state index in [0.717, 1.165) is 58.1 Å². The molecule has 0 amide bonds. The number of unbranched alkanes of at least 4 members (excludes halogenated alkanes) is 1. The third-order valence-electron chi connectivity index (χ3n) is 4.56. The van der Waals surface area contributed by atoms with Gasteiger partial charge in [0.25, 0.3) is 0 Å². The normalized spacial score (nSPS) is 24.5. The Morgan fingerprint density at radius 1 is 1.27 bits per heavy atom. The zero-order valence-electron chi connectivity index (χ0n) is 14.4. The molecule has 2 heterocycles. The first-order valence-electron chi connectivity index (χ1n) is 9.02. The van der Waals surface area contributed by atoms with E-state index in [1.807, 2.05) is 7.05 Å². The van der Waals surface area contributed by atoms with Crippen LogP contribution in [-0.4, -0.2) is 63.0 Å². The Kier molecular flexibility index (Phi) is 8.02. The fourth-order valence-corrected chi connectivity index (χ4v) is 3.13. The van der Waals surface area contributed by atoms with Crippen LogP contribution in [-0.2, 0) is 9.47 Å². The van der Waals surface area contributed by atoms with Crippen molar-refractivity contribution in [1.29, 1.82) is 0 Å². The summed E-state index contributed by atoms with van der Waals surface area (Å²) in [5.41, 5.74) is 0. The van der Waals surface area contributed by atoms with Gasteiger partial charge in [-0.05, 0) is 38.5 Å². The second-order valence-corrected chi connectivity index (χ2v) is 6.34. The summed E-state index contributed by atoms with van der Waals surface area (Å²) in [6.07, 6.45) is 8.94. The lowest BCUT2D eigenvalue weighted by molar-refractivity contribution is -0.0721. The molecule has 0 aromatic rings. The van der Waals surface area contributed by atoms with Gasteiger partial charge in [-0.2, -0.15) is 0 Å². The molecule has 2 aliphatic heterocycles. The van der Waals surface area contributed by atoms with Crippen LogP contribution in [0, 0.1) is 0 Å². The van der Waals surface area contributed by atoms with Crippen LogP contribution in [0.15, 0.2) is 4.99 Å². The van der Waals surface area contributed by atoms with Gasteiger partial charge in [-0.1, -0.05) is 13.3 Å². The molecule has 5 heteroatoms. The van der Waals surface area contributed by atoms with E-state index in [4.69, 9.17) is 9.47 Å². The van der Waals surface area contributed by atoms with Crippen molar-refractivity contribution in [3.05, 3.63) is 0 Å². The molecular formula is C17H33N3O2. The number of piperidine rings is 1. The van der Waals surface area contributed by atoms with Gasteiger partial charge < -0.3 is 19.7 Å². The highest BCUT2D eigenvalue weighted by Gasteiger charge is 2.23. The number of nitrogens with one attached hydrogen (secondary N) is 1. The predicted molar refractivity (Wildman–Crippen MR) is 90.4 cm³/mol. The van der Waals surface area contributed by atoms with Crippen molar-refractivity contribution in [1.82, 2.24) is 10.2 Å². The Labute approximate surface area is 135 Å². The molecule has 0 aromatic heterocycles. The lowest BCUT2D eigenvalue weighted by Gasteiger charge is -2.35. The molecule has 2 fully saturated rings. The maximum Gasteiger partial charge on any atom is 0.193 e. The van der Waals surface area contributed by atoms with Crippen molar-refractivity contribution in [2.45, 2.75) is 64.1 Å². The molecule has 0 aliphatic carbocycles.